The van der Waals surface area contributed by atoms with Crippen LogP contribution >= 0.6 is 11.3 Å². The highest BCUT2D eigenvalue weighted by atomic mass is 32.1. The fourth-order valence-corrected chi connectivity index (χ4v) is 2.58. The number of nitrogens with zero attached hydrogens (tertiary/aromatic N) is 1. The minimum atomic E-state index is -0.795. The Balaban J connectivity index is 1.93. The third-order valence-electron chi connectivity index (χ3n) is 2.63. The Bertz CT molecular complexity index is 598. The van der Waals surface area contributed by atoms with Crippen LogP contribution in [0.5, 0.6) is 0 Å². The fourth-order valence-electron chi connectivity index (χ4n) is 1.72. The topological polar surface area (TPSA) is 55.2 Å². The van der Waals surface area contributed by atoms with E-state index in [4.69, 9.17) is 0 Å². The fraction of sp³-hybridized carbons (Fsp3) is 0.231. The predicted molar refractivity (Wildman–Crippen MR) is 72.7 cm³/mol. The number of nitrogens with one attached hydrogen (secondary N) is 1. The lowest BCUT2D eigenvalue weighted by Gasteiger charge is -2.04. The van der Waals surface area contributed by atoms with E-state index in [0.29, 0.717) is 18.7 Å². The molecule has 4 nitrogen and oxygen atoms in total. The molecule has 1 N–H and O–H groups in total. The standard InChI is InChI=1S/C13H13FN2O2S/c1-9-2-4-11(19-9)8-15-7-10-3-5-13(16(17)18)12(14)6-10/h2-6,15H,7-8H2,1H3. The van der Waals surface area contributed by atoms with E-state index in [0.717, 1.165) is 0 Å². The van der Waals surface area contributed by atoms with Gasteiger partial charge in [0.05, 0.1) is 4.92 Å². The van der Waals surface area contributed by atoms with Gasteiger partial charge in [-0.3, -0.25) is 10.1 Å². The van der Waals surface area contributed by atoms with Crippen molar-refractivity contribution in [2.24, 2.45) is 0 Å². The van der Waals surface area contributed by atoms with Crippen molar-refractivity contribution in [2.45, 2.75) is 20.0 Å². The molecule has 2 rings (SSSR count). The van der Waals surface area contributed by atoms with E-state index in [-0.39, 0.29) is 0 Å². The molecular formula is C13H13FN2O2S. The van der Waals surface area contributed by atoms with Crippen LogP contribution in [-0.2, 0) is 13.1 Å². The quantitative estimate of drug-likeness (QED) is 0.674. The number of hydrogen-bond acceptors (Lipinski definition) is 4. The summed E-state index contributed by atoms with van der Waals surface area (Å²) in [7, 11) is 0. The molecule has 0 saturated carbocycles. The van der Waals surface area contributed by atoms with E-state index in [1.54, 1.807) is 17.4 Å². The number of halogens is 1. The van der Waals surface area contributed by atoms with Crippen molar-refractivity contribution in [1.82, 2.24) is 5.32 Å². The maximum absolute atomic E-state index is 13.4. The average Bonchev–Trinajstić information content (AvgIpc) is 2.75. The molecule has 0 saturated heterocycles. The maximum atomic E-state index is 13.4. The van der Waals surface area contributed by atoms with E-state index < -0.39 is 16.4 Å². The first kappa shape index (κ1) is 13.6. The van der Waals surface area contributed by atoms with Crippen LogP contribution in [0, 0.1) is 22.9 Å². The molecular weight excluding hydrogens is 267 g/mol. The summed E-state index contributed by atoms with van der Waals surface area (Å²) >= 11 is 1.71. The van der Waals surface area contributed by atoms with Crippen LogP contribution in [0.4, 0.5) is 10.1 Å². The summed E-state index contributed by atoms with van der Waals surface area (Å²) in [6.45, 7) is 3.23. The number of thiophene rings is 1. The summed E-state index contributed by atoms with van der Waals surface area (Å²) in [6.07, 6.45) is 0. The SMILES string of the molecule is Cc1ccc(CNCc2ccc([N+](=O)[O-])c(F)c2)s1. The van der Waals surface area contributed by atoms with Crippen molar-refractivity contribution in [1.29, 1.82) is 0 Å². The van der Waals surface area contributed by atoms with Gasteiger partial charge in [-0.15, -0.1) is 11.3 Å². The van der Waals surface area contributed by atoms with Gasteiger partial charge in [-0.2, -0.15) is 4.39 Å². The molecule has 0 radical (unpaired) electrons. The van der Waals surface area contributed by atoms with Gasteiger partial charge in [0.15, 0.2) is 0 Å². The second kappa shape index (κ2) is 5.90. The zero-order valence-electron chi connectivity index (χ0n) is 10.4. The molecule has 0 unspecified atom stereocenters. The van der Waals surface area contributed by atoms with Gasteiger partial charge in [-0.05, 0) is 30.7 Å². The van der Waals surface area contributed by atoms with Crippen LogP contribution in [0.15, 0.2) is 30.3 Å². The monoisotopic (exact) mass is 280 g/mol. The van der Waals surface area contributed by atoms with E-state index in [9.17, 15) is 14.5 Å². The second-order valence-electron chi connectivity index (χ2n) is 4.16. The third-order valence-corrected chi connectivity index (χ3v) is 3.63. The van der Waals surface area contributed by atoms with Crippen LogP contribution in [0.25, 0.3) is 0 Å². The molecule has 2 aromatic rings. The molecule has 0 spiro atoms. The second-order valence-corrected chi connectivity index (χ2v) is 5.53. The number of nitro benzene ring substituents is 1. The largest absolute Gasteiger partial charge is 0.308 e. The van der Waals surface area contributed by atoms with Crippen LogP contribution in [-0.4, -0.2) is 4.92 Å². The number of hydrogen-bond donors (Lipinski definition) is 1. The molecule has 0 fully saturated rings. The van der Waals surface area contributed by atoms with Gasteiger partial charge < -0.3 is 5.32 Å². The first-order valence-electron chi connectivity index (χ1n) is 5.75. The van der Waals surface area contributed by atoms with Crippen LogP contribution in [0.2, 0.25) is 0 Å². The number of rotatable bonds is 5. The summed E-state index contributed by atoms with van der Waals surface area (Å²) in [4.78, 5) is 12.2. The zero-order chi connectivity index (χ0) is 13.8. The first-order valence-corrected chi connectivity index (χ1v) is 6.57. The molecule has 1 aromatic carbocycles. The minimum absolute atomic E-state index is 0.478. The van der Waals surface area contributed by atoms with Gasteiger partial charge in [0, 0.05) is 28.9 Å². The van der Waals surface area contributed by atoms with Crippen LogP contribution in [0.1, 0.15) is 15.3 Å². The molecule has 0 aliphatic heterocycles. The van der Waals surface area contributed by atoms with Crippen molar-refractivity contribution in [3.05, 3.63) is 61.6 Å². The van der Waals surface area contributed by atoms with Gasteiger partial charge in [-0.25, -0.2) is 0 Å². The summed E-state index contributed by atoms with van der Waals surface area (Å²) in [5.41, 5.74) is 0.203. The van der Waals surface area contributed by atoms with Gasteiger partial charge in [0.2, 0.25) is 5.82 Å². The summed E-state index contributed by atoms with van der Waals surface area (Å²) in [5, 5.41) is 13.7. The Hall–Kier alpha value is -1.79. The molecule has 0 amide bonds. The summed E-state index contributed by atoms with van der Waals surface area (Å²) in [5.74, 6) is -0.795. The van der Waals surface area contributed by atoms with Gasteiger partial charge in [0.25, 0.3) is 0 Å². The van der Waals surface area contributed by atoms with Crippen LogP contribution in [0.3, 0.4) is 0 Å². The van der Waals surface area contributed by atoms with Crippen LogP contribution < -0.4 is 5.32 Å². The molecule has 0 aliphatic rings. The molecule has 100 valence electrons. The van der Waals surface area contributed by atoms with Crippen molar-refractivity contribution in [2.75, 3.05) is 0 Å². The first-order chi connectivity index (χ1) is 9.06. The highest BCUT2D eigenvalue weighted by Crippen LogP contribution is 2.18. The van der Waals surface area contributed by atoms with E-state index in [1.807, 2.05) is 19.1 Å². The lowest BCUT2D eigenvalue weighted by molar-refractivity contribution is -0.387. The average molecular weight is 280 g/mol. The molecule has 0 bridgehead atoms. The lowest BCUT2D eigenvalue weighted by Crippen LogP contribution is -2.12. The Labute approximate surface area is 114 Å². The number of benzene rings is 1. The third kappa shape index (κ3) is 3.59. The van der Waals surface area contributed by atoms with Crippen molar-refractivity contribution >= 4 is 17.0 Å². The molecule has 1 heterocycles. The Morgan fingerprint density at radius 2 is 2.11 bits per heavy atom. The predicted octanol–water partition coefficient (Wildman–Crippen LogP) is 3.39. The van der Waals surface area contributed by atoms with Crippen molar-refractivity contribution in [3.63, 3.8) is 0 Å². The van der Waals surface area contributed by atoms with Gasteiger partial charge in [-0.1, -0.05) is 6.07 Å². The maximum Gasteiger partial charge on any atom is 0.304 e. The number of nitro groups is 1. The molecule has 1 aromatic heterocycles. The number of aryl methyl sites for hydroxylation is 1. The van der Waals surface area contributed by atoms with E-state index in [1.165, 1.54) is 21.9 Å². The van der Waals surface area contributed by atoms with Gasteiger partial charge >= 0.3 is 5.69 Å². The van der Waals surface area contributed by atoms with Gasteiger partial charge in [0.1, 0.15) is 0 Å². The molecule has 0 atom stereocenters. The van der Waals surface area contributed by atoms with Crippen molar-refractivity contribution in [3.8, 4) is 0 Å². The highest BCUT2D eigenvalue weighted by Gasteiger charge is 2.13. The molecule has 19 heavy (non-hydrogen) atoms. The Morgan fingerprint density at radius 1 is 1.32 bits per heavy atom. The van der Waals surface area contributed by atoms with E-state index in [2.05, 4.69) is 5.32 Å². The lowest BCUT2D eigenvalue weighted by atomic mass is 10.2. The Kier molecular flexibility index (Phi) is 4.24. The minimum Gasteiger partial charge on any atom is -0.308 e. The zero-order valence-corrected chi connectivity index (χ0v) is 11.2. The highest BCUT2D eigenvalue weighted by molar-refractivity contribution is 7.11. The summed E-state index contributed by atoms with van der Waals surface area (Å²) in [6, 6.07) is 8.05. The summed E-state index contributed by atoms with van der Waals surface area (Å²) < 4.78 is 13.4. The smallest absolute Gasteiger partial charge is 0.304 e. The molecule has 0 aliphatic carbocycles. The van der Waals surface area contributed by atoms with E-state index >= 15 is 0 Å². The Morgan fingerprint density at radius 3 is 2.68 bits per heavy atom. The normalized spacial score (nSPS) is 10.6. The van der Waals surface area contributed by atoms with Crippen molar-refractivity contribution < 1.29 is 9.31 Å². The molecule has 6 heteroatoms.